The predicted octanol–water partition coefficient (Wildman–Crippen LogP) is 13.1. The molecule has 1 fully saturated rings. The maximum Gasteiger partial charge on any atom is 0.147 e. The molecule has 7 aromatic carbocycles. The van der Waals surface area contributed by atoms with E-state index in [1.165, 1.54) is 48.4 Å². The molecule has 0 aliphatic heterocycles. The van der Waals surface area contributed by atoms with Crippen LogP contribution in [0.25, 0.3) is 98.8 Å². The van der Waals surface area contributed by atoms with Gasteiger partial charge in [-0.3, -0.25) is 4.98 Å². The Morgan fingerprint density at radius 3 is 2.00 bits per heavy atom. The third kappa shape index (κ3) is 4.05. The van der Waals surface area contributed by atoms with Crippen LogP contribution in [0.15, 0.2) is 136 Å². The number of rotatable bonds is 3. The van der Waals surface area contributed by atoms with E-state index in [4.69, 9.17) is 18.8 Å². The minimum atomic E-state index is 0.499. The molecule has 1 saturated carbocycles. The number of nitrogens with zero attached hydrogens (tertiary/aromatic N) is 2. The zero-order valence-electron chi connectivity index (χ0n) is 27.4. The largest absolute Gasteiger partial charge is 0.456 e. The van der Waals surface area contributed by atoms with Crippen LogP contribution in [0.1, 0.15) is 43.6 Å². The highest BCUT2D eigenvalue weighted by molar-refractivity contribution is 6.24. The zero-order chi connectivity index (χ0) is 32.8. The predicted molar refractivity (Wildman–Crippen MR) is 206 cm³/mol. The standard InChI is InChI=1S/C46H32N2O2/c1-2-12-27(13-3-1)37-25-38-35-22-11-21-30(44(35)50-46(38)41-36-20-8-9-23-40(36)49-45(37)41)28-14-10-15-29(24-28)39-26-47-42-33-18-6-4-16-31(33)32-17-5-7-19-34(32)43(42)48-39/h4-11,14-27H,1-3,12-13H2. The molecular weight excluding hydrogens is 613 g/mol. The molecule has 0 radical (unpaired) electrons. The molecule has 4 heteroatoms. The van der Waals surface area contributed by atoms with Crippen molar-refractivity contribution in [2.24, 2.45) is 0 Å². The Kier molecular flexibility index (Phi) is 6.00. The molecule has 0 saturated heterocycles. The molecule has 10 aromatic rings. The van der Waals surface area contributed by atoms with Gasteiger partial charge >= 0.3 is 0 Å². The van der Waals surface area contributed by atoms with Crippen LogP contribution in [-0.2, 0) is 0 Å². The van der Waals surface area contributed by atoms with Crippen LogP contribution in [-0.4, -0.2) is 9.97 Å². The van der Waals surface area contributed by atoms with Gasteiger partial charge in [0.25, 0.3) is 0 Å². The van der Waals surface area contributed by atoms with Crippen LogP contribution >= 0.6 is 0 Å². The SMILES string of the molecule is c1cc(-c2cnc3c4ccccc4c4ccccc4c3n2)cc(-c2cccc3c2oc2c3cc(C3CCCCC3)c3oc4ccccc4c32)c1. The summed E-state index contributed by atoms with van der Waals surface area (Å²) >= 11 is 0. The van der Waals surface area contributed by atoms with E-state index in [2.05, 4.69) is 121 Å². The number of fused-ring (bicyclic) bond motifs is 13. The fourth-order valence-electron chi connectivity index (χ4n) is 8.71. The Morgan fingerprint density at radius 1 is 0.500 bits per heavy atom. The first kappa shape index (κ1) is 27.9. The van der Waals surface area contributed by atoms with E-state index in [1.54, 1.807) is 0 Å². The van der Waals surface area contributed by atoms with Gasteiger partial charge in [-0.25, -0.2) is 4.98 Å². The highest BCUT2D eigenvalue weighted by Gasteiger charge is 2.26. The molecule has 50 heavy (non-hydrogen) atoms. The van der Waals surface area contributed by atoms with Crippen LogP contribution in [0.4, 0.5) is 0 Å². The second-order valence-electron chi connectivity index (χ2n) is 13.9. The Balaban J connectivity index is 1.11. The van der Waals surface area contributed by atoms with Gasteiger partial charge in [0.1, 0.15) is 22.3 Å². The lowest BCUT2D eigenvalue weighted by Crippen LogP contribution is -2.04. The molecule has 4 nitrogen and oxygen atoms in total. The summed E-state index contributed by atoms with van der Waals surface area (Å²) in [5.41, 5.74) is 10.9. The van der Waals surface area contributed by atoms with Crippen LogP contribution in [0.2, 0.25) is 0 Å². The number of aromatic nitrogens is 2. The van der Waals surface area contributed by atoms with Crippen molar-refractivity contribution in [1.82, 2.24) is 9.97 Å². The molecule has 0 N–H and O–H groups in total. The molecule has 1 aliphatic carbocycles. The maximum absolute atomic E-state index is 6.96. The molecule has 0 atom stereocenters. The van der Waals surface area contributed by atoms with Crippen molar-refractivity contribution in [2.45, 2.75) is 38.0 Å². The van der Waals surface area contributed by atoms with Gasteiger partial charge in [-0.15, -0.1) is 0 Å². The van der Waals surface area contributed by atoms with Crippen LogP contribution in [0, 0.1) is 0 Å². The minimum Gasteiger partial charge on any atom is -0.456 e. The first-order chi connectivity index (χ1) is 24.8. The van der Waals surface area contributed by atoms with Crippen LogP contribution < -0.4 is 0 Å². The summed E-state index contributed by atoms with van der Waals surface area (Å²) in [6, 6.07) is 42.9. The molecular formula is C46H32N2O2. The van der Waals surface area contributed by atoms with Crippen LogP contribution in [0.3, 0.4) is 0 Å². The van der Waals surface area contributed by atoms with Crippen LogP contribution in [0.5, 0.6) is 0 Å². The Hall–Kier alpha value is -6.00. The minimum absolute atomic E-state index is 0.499. The molecule has 0 bridgehead atoms. The summed E-state index contributed by atoms with van der Waals surface area (Å²) in [5, 5.41) is 9.14. The highest BCUT2D eigenvalue weighted by Crippen LogP contribution is 2.47. The number of furan rings is 2. The van der Waals surface area contributed by atoms with E-state index in [0.29, 0.717) is 5.92 Å². The van der Waals surface area contributed by atoms with Gasteiger partial charge in [0.2, 0.25) is 0 Å². The molecule has 1 aliphatic rings. The van der Waals surface area contributed by atoms with Crippen molar-refractivity contribution in [3.05, 3.63) is 133 Å². The lowest BCUT2D eigenvalue weighted by Gasteiger charge is -2.22. The summed E-state index contributed by atoms with van der Waals surface area (Å²) in [7, 11) is 0. The Bertz CT molecular complexity index is 2940. The number of benzene rings is 7. The highest BCUT2D eigenvalue weighted by atomic mass is 16.3. The van der Waals surface area contributed by atoms with Gasteiger partial charge in [0.05, 0.1) is 28.3 Å². The maximum atomic E-state index is 6.96. The first-order valence-electron chi connectivity index (χ1n) is 17.8. The van der Waals surface area contributed by atoms with Crippen molar-refractivity contribution in [1.29, 1.82) is 0 Å². The molecule has 3 heterocycles. The average Bonchev–Trinajstić information content (AvgIpc) is 3.77. The Labute approximate surface area is 288 Å². The van der Waals surface area contributed by atoms with Gasteiger partial charge in [0, 0.05) is 38.1 Å². The van der Waals surface area contributed by atoms with Gasteiger partial charge in [0.15, 0.2) is 0 Å². The fraction of sp³-hybridized carbons (Fsp3) is 0.130. The topological polar surface area (TPSA) is 52.1 Å². The van der Waals surface area contributed by atoms with Gasteiger partial charge in [-0.05, 0) is 58.9 Å². The number of hydrogen-bond acceptors (Lipinski definition) is 4. The lowest BCUT2D eigenvalue weighted by molar-refractivity contribution is 0.442. The van der Waals surface area contributed by atoms with Crippen molar-refractivity contribution < 1.29 is 8.83 Å². The summed E-state index contributed by atoms with van der Waals surface area (Å²) in [5.74, 6) is 0.499. The molecule has 0 unspecified atom stereocenters. The monoisotopic (exact) mass is 644 g/mol. The van der Waals surface area contributed by atoms with Gasteiger partial charge in [-0.1, -0.05) is 122 Å². The van der Waals surface area contributed by atoms with E-state index >= 15 is 0 Å². The molecule has 0 spiro atoms. The summed E-state index contributed by atoms with van der Waals surface area (Å²) < 4.78 is 13.6. The summed E-state index contributed by atoms with van der Waals surface area (Å²) in [6.07, 6.45) is 8.18. The second kappa shape index (κ2) is 10.8. The van der Waals surface area contributed by atoms with E-state index in [9.17, 15) is 0 Å². The normalized spacial score (nSPS) is 14.3. The second-order valence-corrected chi connectivity index (χ2v) is 13.9. The van der Waals surface area contributed by atoms with Gasteiger partial charge in [-0.2, -0.15) is 0 Å². The lowest BCUT2D eigenvalue weighted by atomic mass is 9.83. The zero-order valence-corrected chi connectivity index (χ0v) is 27.4. The Morgan fingerprint density at radius 2 is 1.18 bits per heavy atom. The van der Waals surface area contributed by atoms with Crippen molar-refractivity contribution in [3.63, 3.8) is 0 Å². The average molecular weight is 645 g/mol. The molecule has 238 valence electrons. The third-order valence-electron chi connectivity index (χ3n) is 11.1. The van der Waals surface area contributed by atoms with Crippen molar-refractivity contribution in [3.8, 4) is 22.4 Å². The quantitative estimate of drug-likeness (QED) is 0.180. The van der Waals surface area contributed by atoms with Crippen molar-refractivity contribution >= 4 is 76.5 Å². The third-order valence-corrected chi connectivity index (χ3v) is 11.1. The smallest absolute Gasteiger partial charge is 0.147 e. The van der Waals surface area contributed by atoms with Crippen molar-refractivity contribution in [2.75, 3.05) is 0 Å². The first-order valence-corrected chi connectivity index (χ1v) is 17.8. The van der Waals surface area contributed by atoms with E-state index in [-0.39, 0.29) is 0 Å². The fourth-order valence-corrected chi connectivity index (χ4v) is 8.71. The van der Waals surface area contributed by atoms with Gasteiger partial charge < -0.3 is 8.83 Å². The molecule has 0 amide bonds. The number of hydrogen-bond donors (Lipinski definition) is 0. The molecule has 11 rings (SSSR count). The van der Waals surface area contributed by atoms with E-state index in [0.717, 1.165) is 88.1 Å². The summed E-state index contributed by atoms with van der Waals surface area (Å²) in [6.45, 7) is 0. The number of para-hydroxylation sites is 2. The molecule has 3 aromatic heterocycles. The van der Waals surface area contributed by atoms with E-state index in [1.807, 2.05) is 6.20 Å². The van der Waals surface area contributed by atoms with E-state index < -0.39 is 0 Å². The summed E-state index contributed by atoms with van der Waals surface area (Å²) in [4.78, 5) is 10.3.